The molecule has 3 aliphatic heterocycles. The quantitative estimate of drug-likeness (QED) is 0.791. The molecule has 27 heavy (non-hydrogen) atoms. The Bertz CT molecular complexity index is 698. The van der Waals surface area contributed by atoms with Crippen LogP contribution in [0.15, 0.2) is 0 Å². The zero-order valence-electron chi connectivity index (χ0n) is 16.3. The SMILES string of the molecule is C[C@@H]1C[C@H](C)CN(C(=O)[C@@H]2CCCN(c3nnc(N4CCCC4=O)s3)C2)C1. The van der Waals surface area contributed by atoms with Crippen molar-refractivity contribution >= 4 is 33.4 Å². The topological polar surface area (TPSA) is 69.6 Å². The summed E-state index contributed by atoms with van der Waals surface area (Å²) in [5.74, 6) is 1.65. The van der Waals surface area contributed by atoms with E-state index in [-0.39, 0.29) is 11.8 Å². The molecule has 0 bridgehead atoms. The number of anilines is 2. The molecule has 0 unspecified atom stereocenters. The van der Waals surface area contributed by atoms with Crippen LogP contribution in [0, 0.1) is 17.8 Å². The largest absolute Gasteiger partial charge is 0.346 e. The third kappa shape index (κ3) is 3.95. The Morgan fingerprint density at radius 2 is 1.78 bits per heavy atom. The van der Waals surface area contributed by atoms with Crippen molar-refractivity contribution in [3.63, 3.8) is 0 Å². The van der Waals surface area contributed by atoms with Gasteiger partial charge in [-0.05, 0) is 37.5 Å². The molecular weight excluding hydrogens is 362 g/mol. The Morgan fingerprint density at radius 1 is 1.04 bits per heavy atom. The fraction of sp³-hybridized carbons (Fsp3) is 0.789. The first-order valence-corrected chi connectivity index (χ1v) is 11.0. The lowest BCUT2D eigenvalue weighted by atomic mass is 9.89. The molecule has 3 atom stereocenters. The molecule has 0 saturated carbocycles. The first-order chi connectivity index (χ1) is 13.0. The normalized spacial score (nSPS) is 29.5. The summed E-state index contributed by atoms with van der Waals surface area (Å²) in [5.41, 5.74) is 0. The standard InChI is InChI=1S/C19H29N5O2S/c1-13-9-14(2)11-23(10-13)17(26)15-5-3-7-22(12-15)18-20-21-19(27-18)24-8-4-6-16(24)25/h13-15H,3-12H2,1-2H3/t13-,14+,15-/m1/s1. The maximum atomic E-state index is 13.1. The van der Waals surface area contributed by atoms with Crippen LogP contribution in [-0.4, -0.2) is 59.6 Å². The summed E-state index contributed by atoms with van der Waals surface area (Å²) < 4.78 is 0. The molecule has 1 aromatic rings. The number of carbonyl (C=O) groups is 2. The van der Waals surface area contributed by atoms with Crippen molar-refractivity contribution in [2.75, 3.05) is 42.5 Å². The van der Waals surface area contributed by atoms with Crippen molar-refractivity contribution in [3.05, 3.63) is 0 Å². The summed E-state index contributed by atoms with van der Waals surface area (Å²) in [6.07, 6.45) is 4.64. The molecule has 4 heterocycles. The molecule has 0 aliphatic carbocycles. The lowest BCUT2D eigenvalue weighted by molar-refractivity contribution is -0.138. The van der Waals surface area contributed by atoms with Gasteiger partial charge in [0.25, 0.3) is 0 Å². The highest BCUT2D eigenvalue weighted by atomic mass is 32.1. The molecule has 8 heteroatoms. The number of aromatic nitrogens is 2. The molecule has 7 nitrogen and oxygen atoms in total. The van der Waals surface area contributed by atoms with Crippen molar-refractivity contribution in [3.8, 4) is 0 Å². The highest BCUT2D eigenvalue weighted by molar-refractivity contribution is 7.19. The van der Waals surface area contributed by atoms with Gasteiger partial charge in [-0.25, -0.2) is 0 Å². The van der Waals surface area contributed by atoms with Gasteiger partial charge in [0.1, 0.15) is 0 Å². The van der Waals surface area contributed by atoms with E-state index in [1.54, 1.807) is 4.90 Å². The Kier molecular flexibility index (Phi) is 5.34. The summed E-state index contributed by atoms with van der Waals surface area (Å²) in [7, 11) is 0. The summed E-state index contributed by atoms with van der Waals surface area (Å²) in [6, 6.07) is 0. The molecule has 3 saturated heterocycles. The summed E-state index contributed by atoms with van der Waals surface area (Å²) in [4.78, 5) is 31.0. The van der Waals surface area contributed by atoms with Gasteiger partial charge >= 0.3 is 0 Å². The Labute approximate surface area is 164 Å². The van der Waals surface area contributed by atoms with Crippen LogP contribution in [0.3, 0.4) is 0 Å². The van der Waals surface area contributed by atoms with Crippen LogP contribution in [0.1, 0.15) is 46.0 Å². The number of likely N-dealkylation sites (tertiary alicyclic amines) is 1. The van der Waals surface area contributed by atoms with Crippen molar-refractivity contribution in [2.45, 2.75) is 46.0 Å². The lowest BCUT2D eigenvalue weighted by Crippen LogP contribution is -2.49. The van der Waals surface area contributed by atoms with E-state index in [4.69, 9.17) is 0 Å². The molecule has 4 rings (SSSR count). The van der Waals surface area contributed by atoms with Crippen LogP contribution in [0.5, 0.6) is 0 Å². The second-order valence-corrected chi connectivity index (χ2v) is 9.42. The predicted molar refractivity (Wildman–Crippen MR) is 106 cm³/mol. The van der Waals surface area contributed by atoms with Crippen molar-refractivity contribution in [1.82, 2.24) is 15.1 Å². The molecule has 0 radical (unpaired) electrons. The number of rotatable bonds is 3. The molecule has 2 amide bonds. The number of hydrogen-bond donors (Lipinski definition) is 0. The predicted octanol–water partition coefficient (Wildman–Crippen LogP) is 2.39. The maximum Gasteiger partial charge on any atom is 0.228 e. The van der Waals surface area contributed by atoms with Crippen LogP contribution >= 0.6 is 11.3 Å². The molecule has 148 valence electrons. The number of hydrogen-bond acceptors (Lipinski definition) is 6. The third-order valence-corrected chi connectivity index (χ3v) is 6.94. The van der Waals surface area contributed by atoms with Crippen LogP contribution in [-0.2, 0) is 9.59 Å². The summed E-state index contributed by atoms with van der Waals surface area (Å²) in [5, 5.41) is 10.1. The minimum atomic E-state index is 0.0389. The van der Waals surface area contributed by atoms with Gasteiger partial charge in [-0.2, -0.15) is 0 Å². The van der Waals surface area contributed by atoms with Gasteiger partial charge in [0, 0.05) is 39.1 Å². The minimum absolute atomic E-state index is 0.0389. The maximum absolute atomic E-state index is 13.1. The second kappa shape index (κ2) is 7.73. The van der Waals surface area contributed by atoms with Crippen LogP contribution < -0.4 is 9.80 Å². The average molecular weight is 392 g/mol. The van der Waals surface area contributed by atoms with Gasteiger partial charge in [0.05, 0.1) is 5.92 Å². The monoisotopic (exact) mass is 391 g/mol. The van der Waals surface area contributed by atoms with Gasteiger partial charge in [-0.15, -0.1) is 10.2 Å². The first-order valence-electron chi connectivity index (χ1n) is 10.2. The van der Waals surface area contributed by atoms with Gasteiger partial charge in [-0.1, -0.05) is 25.2 Å². The second-order valence-electron chi connectivity index (χ2n) is 8.49. The van der Waals surface area contributed by atoms with Crippen molar-refractivity contribution in [1.29, 1.82) is 0 Å². The fourth-order valence-electron chi connectivity index (χ4n) is 4.75. The molecule has 0 spiro atoms. The van der Waals surface area contributed by atoms with Gasteiger partial charge in [-0.3, -0.25) is 14.5 Å². The van der Waals surface area contributed by atoms with Gasteiger partial charge < -0.3 is 9.80 Å². The van der Waals surface area contributed by atoms with E-state index in [1.807, 2.05) is 0 Å². The van der Waals surface area contributed by atoms with Crippen molar-refractivity contribution < 1.29 is 9.59 Å². The van der Waals surface area contributed by atoms with Gasteiger partial charge in [0.15, 0.2) is 0 Å². The number of nitrogens with zero attached hydrogens (tertiary/aromatic N) is 5. The highest BCUT2D eigenvalue weighted by Gasteiger charge is 2.34. The van der Waals surface area contributed by atoms with E-state index in [0.717, 1.165) is 50.6 Å². The number of amides is 2. The number of piperidine rings is 2. The van der Waals surface area contributed by atoms with Crippen LogP contribution in [0.25, 0.3) is 0 Å². The third-order valence-electron chi connectivity index (χ3n) is 5.93. The lowest BCUT2D eigenvalue weighted by Gasteiger charge is -2.39. The highest BCUT2D eigenvalue weighted by Crippen LogP contribution is 2.33. The smallest absolute Gasteiger partial charge is 0.228 e. The Balaban J connectivity index is 1.41. The summed E-state index contributed by atoms with van der Waals surface area (Å²) in [6.45, 7) is 8.61. The Hall–Kier alpha value is -1.70. The van der Waals surface area contributed by atoms with E-state index in [0.29, 0.717) is 35.8 Å². The van der Waals surface area contributed by atoms with E-state index in [9.17, 15) is 9.59 Å². The molecule has 0 N–H and O–H groups in total. The van der Waals surface area contributed by atoms with Crippen LogP contribution in [0.4, 0.5) is 10.3 Å². The fourth-order valence-corrected chi connectivity index (χ4v) is 5.67. The molecule has 0 aromatic carbocycles. The van der Waals surface area contributed by atoms with Crippen LogP contribution in [0.2, 0.25) is 0 Å². The van der Waals surface area contributed by atoms with E-state index >= 15 is 0 Å². The van der Waals surface area contributed by atoms with E-state index < -0.39 is 0 Å². The molecular formula is C19H29N5O2S. The van der Waals surface area contributed by atoms with Crippen molar-refractivity contribution in [2.24, 2.45) is 17.8 Å². The van der Waals surface area contributed by atoms with E-state index in [2.05, 4.69) is 33.8 Å². The molecule has 1 aromatic heterocycles. The number of carbonyl (C=O) groups excluding carboxylic acids is 2. The minimum Gasteiger partial charge on any atom is -0.346 e. The summed E-state index contributed by atoms with van der Waals surface area (Å²) >= 11 is 1.47. The van der Waals surface area contributed by atoms with Gasteiger partial charge in [0.2, 0.25) is 22.1 Å². The van der Waals surface area contributed by atoms with E-state index in [1.165, 1.54) is 17.8 Å². The average Bonchev–Trinajstić information content (AvgIpc) is 3.29. The zero-order chi connectivity index (χ0) is 19.0. The molecule has 3 aliphatic rings. The zero-order valence-corrected chi connectivity index (χ0v) is 17.1. The molecule has 3 fully saturated rings. The first kappa shape index (κ1) is 18.7. The Morgan fingerprint density at radius 3 is 2.48 bits per heavy atom.